The maximum Gasteiger partial charge on any atom is 0.138 e. The molecular weight excluding hydrogens is 522 g/mol. The van der Waals surface area contributed by atoms with Gasteiger partial charge in [0.05, 0.1) is 0 Å². The van der Waals surface area contributed by atoms with Gasteiger partial charge in [-0.05, 0) is 88.1 Å². The molecule has 0 aliphatic heterocycles. The summed E-state index contributed by atoms with van der Waals surface area (Å²) >= 11 is 0. The molecule has 7 aromatic carbocycles. The standard InChI is InChI=1S/C41H29NO/c1-28-39-15-6-7-16-40(39)43-41(28)35-13-8-14-37(27-35)42(38-24-21-30-10-3-5-12-33(30)26-38)36-22-19-31(20-23-36)34-18-17-29-9-2-4-11-32(29)25-34/h2-27H,1H3. The Balaban J connectivity index is 1.25. The molecule has 8 aromatic rings. The second kappa shape index (κ2) is 10.3. The lowest BCUT2D eigenvalue weighted by Gasteiger charge is -2.26. The van der Waals surface area contributed by atoms with E-state index in [1.807, 2.05) is 12.1 Å². The second-order valence-electron chi connectivity index (χ2n) is 11.1. The predicted octanol–water partition coefficient (Wildman–Crippen LogP) is 11.9. The Bertz CT molecular complexity index is 2260. The summed E-state index contributed by atoms with van der Waals surface area (Å²) in [6.07, 6.45) is 0. The largest absolute Gasteiger partial charge is 0.456 e. The zero-order valence-corrected chi connectivity index (χ0v) is 23.9. The molecule has 8 rings (SSSR count). The molecule has 0 bridgehead atoms. The summed E-state index contributed by atoms with van der Waals surface area (Å²) in [5.41, 5.74) is 8.81. The Kier molecular flexibility index (Phi) is 6.05. The highest BCUT2D eigenvalue weighted by molar-refractivity contribution is 5.92. The van der Waals surface area contributed by atoms with Crippen LogP contribution in [-0.2, 0) is 0 Å². The number of anilines is 3. The van der Waals surface area contributed by atoms with Crippen LogP contribution in [0.15, 0.2) is 162 Å². The Labute approximate surface area is 251 Å². The molecule has 2 heteroatoms. The molecule has 0 amide bonds. The fourth-order valence-electron chi connectivity index (χ4n) is 6.17. The topological polar surface area (TPSA) is 16.4 Å². The molecule has 0 saturated heterocycles. The number of fused-ring (bicyclic) bond motifs is 3. The normalized spacial score (nSPS) is 11.4. The number of aryl methyl sites for hydroxylation is 1. The Morgan fingerprint density at radius 3 is 1.79 bits per heavy atom. The number of benzene rings is 7. The van der Waals surface area contributed by atoms with E-state index in [1.165, 1.54) is 32.7 Å². The summed E-state index contributed by atoms with van der Waals surface area (Å²) in [6.45, 7) is 2.14. The molecular formula is C41H29NO. The minimum atomic E-state index is 0.910. The van der Waals surface area contributed by atoms with Crippen LogP contribution in [0.5, 0.6) is 0 Å². The quantitative estimate of drug-likeness (QED) is 0.211. The molecule has 0 aliphatic carbocycles. The summed E-state index contributed by atoms with van der Waals surface area (Å²) < 4.78 is 6.37. The summed E-state index contributed by atoms with van der Waals surface area (Å²) in [4.78, 5) is 2.33. The third-order valence-corrected chi connectivity index (χ3v) is 8.41. The lowest BCUT2D eigenvalue weighted by atomic mass is 10.0. The van der Waals surface area contributed by atoms with Gasteiger partial charge in [-0.15, -0.1) is 0 Å². The first-order chi connectivity index (χ1) is 21.2. The van der Waals surface area contributed by atoms with Crippen molar-refractivity contribution in [2.45, 2.75) is 6.92 Å². The van der Waals surface area contributed by atoms with Gasteiger partial charge in [0.2, 0.25) is 0 Å². The monoisotopic (exact) mass is 551 g/mol. The van der Waals surface area contributed by atoms with Crippen molar-refractivity contribution in [1.82, 2.24) is 0 Å². The first kappa shape index (κ1) is 25.1. The van der Waals surface area contributed by atoms with Crippen LogP contribution in [0, 0.1) is 6.92 Å². The van der Waals surface area contributed by atoms with Crippen molar-refractivity contribution in [2.24, 2.45) is 0 Å². The molecule has 1 aromatic heterocycles. The number of nitrogens with zero attached hydrogens (tertiary/aromatic N) is 1. The van der Waals surface area contributed by atoms with Crippen LogP contribution in [-0.4, -0.2) is 0 Å². The van der Waals surface area contributed by atoms with Crippen molar-refractivity contribution in [3.05, 3.63) is 163 Å². The van der Waals surface area contributed by atoms with Gasteiger partial charge < -0.3 is 9.32 Å². The number of furan rings is 1. The third-order valence-electron chi connectivity index (χ3n) is 8.41. The van der Waals surface area contributed by atoms with Crippen LogP contribution in [0.4, 0.5) is 17.1 Å². The van der Waals surface area contributed by atoms with E-state index in [0.29, 0.717) is 0 Å². The lowest BCUT2D eigenvalue weighted by molar-refractivity contribution is 0.629. The van der Waals surface area contributed by atoms with E-state index in [4.69, 9.17) is 4.42 Å². The number of rotatable bonds is 5. The maximum absolute atomic E-state index is 6.37. The molecule has 0 spiro atoms. The Morgan fingerprint density at radius 1 is 0.419 bits per heavy atom. The molecule has 0 radical (unpaired) electrons. The van der Waals surface area contributed by atoms with Crippen molar-refractivity contribution in [2.75, 3.05) is 4.90 Å². The van der Waals surface area contributed by atoms with Crippen molar-refractivity contribution in [3.63, 3.8) is 0 Å². The smallest absolute Gasteiger partial charge is 0.138 e. The van der Waals surface area contributed by atoms with Crippen molar-refractivity contribution in [1.29, 1.82) is 0 Å². The number of para-hydroxylation sites is 1. The van der Waals surface area contributed by atoms with Crippen LogP contribution in [0.3, 0.4) is 0 Å². The highest BCUT2D eigenvalue weighted by atomic mass is 16.3. The summed E-state index contributed by atoms with van der Waals surface area (Å²) in [6, 6.07) is 56.2. The van der Waals surface area contributed by atoms with Gasteiger partial charge in [-0.25, -0.2) is 0 Å². The predicted molar refractivity (Wildman–Crippen MR) is 182 cm³/mol. The van der Waals surface area contributed by atoms with E-state index in [2.05, 4.69) is 157 Å². The van der Waals surface area contributed by atoms with Crippen LogP contribution >= 0.6 is 0 Å². The number of hydrogen-bond acceptors (Lipinski definition) is 2. The second-order valence-corrected chi connectivity index (χ2v) is 11.1. The van der Waals surface area contributed by atoms with Crippen molar-refractivity contribution >= 4 is 49.6 Å². The maximum atomic E-state index is 6.37. The molecule has 0 aliphatic rings. The highest BCUT2D eigenvalue weighted by Gasteiger charge is 2.17. The Hall–Kier alpha value is -5.60. The van der Waals surface area contributed by atoms with E-state index in [1.54, 1.807) is 0 Å². The number of hydrogen-bond donors (Lipinski definition) is 0. The minimum absolute atomic E-state index is 0.910. The van der Waals surface area contributed by atoms with Crippen LogP contribution in [0.25, 0.3) is 55.0 Å². The molecule has 43 heavy (non-hydrogen) atoms. The highest BCUT2D eigenvalue weighted by Crippen LogP contribution is 2.40. The van der Waals surface area contributed by atoms with Gasteiger partial charge in [0.15, 0.2) is 0 Å². The van der Waals surface area contributed by atoms with Crippen LogP contribution < -0.4 is 4.90 Å². The van der Waals surface area contributed by atoms with Crippen molar-refractivity contribution < 1.29 is 4.42 Å². The summed E-state index contributed by atoms with van der Waals surface area (Å²) in [5.74, 6) is 0.910. The molecule has 0 fully saturated rings. The lowest BCUT2D eigenvalue weighted by Crippen LogP contribution is -2.10. The fourth-order valence-corrected chi connectivity index (χ4v) is 6.17. The summed E-state index contributed by atoms with van der Waals surface area (Å²) in [7, 11) is 0. The molecule has 1 heterocycles. The van der Waals surface area contributed by atoms with Gasteiger partial charge in [-0.3, -0.25) is 0 Å². The van der Waals surface area contributed by atoms with Gasteiger partial charge in [0.1, 0.15) is 11.3 Å². The zero-order chi connectivity index (χ0) is 28.8. The molecule has 2 nitrogen and oxygen atoms in total. The molecule has 0 saturated carbocycles. The van der Waals surface area contributed by atoms with E-state index in [0.717, 1.165) is 44.9 Å². The Morgan fingerprint density at radius 2 is 1.02 bits per heavy atom. The first-order valence-electron chi connectivity index (χ1n) is 14.7. The van der Waals surface area contributed by atoms with Gasteiger partial charge in [-0.2, -0.15) is 0 Å². The van der Waals surface area contributed by atoms with E-state index < -0.39 is 0 Å². The van der Waals surface area contributed by atoms with Gasteiger partial charge >= 0.3 is 0 Å². The van der Waals surface area contributed by atoms with Crippen LogP contribution in [0.2, 0.25) is 0 Å². The van der Waals surface area contributed by atoms with Gasteiger partial charge in [-0.1, -0.05) is 109 Å². The fraction of sp³-hybridized carbons (Fsp3) is 0.0244. The van der Waals surface area contributed by atoms with Crippen molar-refractivity contribution in [3.8, 4) is 22.5 Å². The molecule has 0 unspecified atom stereocenters. The average molecular weight is 552 g/mol. The zero-order valence-electron chi connectivity index (χ0n) is 23.9. The summed E-state index contributed by atoms with van der Waals surface area (Å²) in [5, 5.41) is 6.09. The van der Waals surface area contributed by atoms with E-state index in [-0.39, 0.29) is 0 Å². The van der Waals surface area contributed by atoms with E-state index in [9.17, 15) is 0 Å². The van der Waals surface area contributed by atoms with E-state index >= 15 is 0 Å². The average Bonchev–Trinajstić information content (AvgIpc) is 3.41. The molecule has 0 N–H and O–H groups in total. The third kappa shape index (κ3) is 4.54. The van der Waals surface area contributed by atoms with Gasteiger partial charge in [0.25, 0.3) is 0 Å². The molecule has 0 atom stereocenters. The first-order valence-corrected chi connectivity index (χ1v) is 14.7. The van der Waals surface area contributed by atoms with Crippen LogP contribution in [0.1, 0.15) is 5.56 Å². The minimum Gasteiger partial charge on any atom is -0.456 e. The van der Waals surface area contributed by atoms with Gasteiger partial charge in [0, 0.05) is 33.6 Å². The molecule has 204 valence electrons. The SMILES string of the molecule is Cc1c(-c2cccc(N(c3ccc(-c4ccc5ccccc5c4)cc3)c3ccc4ccccc4c3)c2)oc2ccccc12.